The fraction of sp³-hybridized carbons (Fsp3) is 0.200. The zero-order chi connectivity index (χ0) is 19.8. The molecule has 0 saturated heterocycles. The zero-order valence-corrected chi connectivity index (χ0v) is 15.5. The summed E-state index contributed by atoms with van der Waals surface area (Å²) in [6, 6.07) is 9.67. The second kappa shape index (κ2) is 7.24. The van der Waals surface area contributed by atoms with Crippen molar-refractivity contribution in [1.82, 2.24) is 9.55 Å². The van der Waals surface area contributed by atoms with Gasteiger partial charge in [-0.2, -0.15) is 8.78 Å². The molecule has 0 amide bonds. The number of alkyl halides is 2. The van der Waals surface area contributed by atoms with Gasteiger partial charge in [0, 0.05) is 11.6 Å². The van der Waals surface area contributed by atoms with Crippen LogP contribution in [0.4, 0.5) is 8.78 Å². The first-order valence-corrected chi connectivity index (χ1v) is 8.88. The first kappa shape index (κ1) is 18.4. The van der Waals surface area contributed by atoms with E-state index >= 15 is 0 Å². The average Bonchev–Trinajstić information content (AvgIpc) is 3.05. The zero-order valence-electron chi connectivity index (χ0n) is 14.8. The molecule has 28 heavy (non-hydrogen) atoms. The number of ether oxygens (including phenoxy) is 2. The van der Waals surface area contributed by atoms with Crippen LogP contribution >= 0.6 is 11.6 Å². The van der Waals surface area contributed by atoms with E-state index in [9.17, 15) is 13.6 Å². The highest BCUT2D eigenvalue weighted by atomic mass is 35.5. The third kappa shape index (κ3) is 3.33. The molecule has 0 spiro atoms. The van der Waals surface area contributed by atoms with Crippen molar-refractivity contribution in [1.29, 1.82) is 0 Å². The molecule has 1 aliphatic rings. The van der Waals surface area contributed by atoms with Crippen molar-refractivity contribution in [3.05, 3.63) is 63.2 Å². The van der Waals surface area contributed by atoms with Gasteiger partial charge in [0.15, 0.2) is 11.5 Å². The number of halogens is 3. The van der Waals surface area contributed by atoms with Gasteiger partial charge in [-0.05, 0) is 54.0 Å². The summed E-state index contributed by atoms with van der Waals surface area (Å²) < 4.78 is 36.2. The van der Waals surface area contributed by atoms with Gasteiger partial charge in [0.05, 0.1) is 18.0 Å². The Labute approximate surface area is 163 Å². The molecule has 3 aromatic rings. The number of rotatable bonds is 4. The molecule has 8 heteroatoms. The first-order valence-electron chi connectivity index (χ1n) is 8.50. The van der Waals surface area contributed by atoms with Crippen LogP contribution in [-0.2, 0) is 6.54 Å². The van der Waals surface area contributed by atoms with Gasteiger partial charge in [-0.25, -0.2) is 4.98 Å². The predicted octanol–water partition coefficient (Wildman–Crippen LogP) is 4.60. The fourth-order valence-electron chi connectivity index (χ4n) is 3.30. The summed E-state index contributed by atoms with van der Waals surface area (Å²) in [5, 5.41) is 1.02. The minimum absolute atomic E-state index is 0.0403. The molecule has 2 aromatic carbocycles. The maximum Gasteiger partial charge on any atom is 0.387 e. The number of nitrogens with zero attached hydrogens (tertiary/aromatic N) is 2. The molecule has 0 radical (unpaired) electrons. The lowest BCUT2D eigenvalue weighted by atomic mass is 10.1. The second-order valence-corrected chi connectivity index (χ2v) is 6.70. The number of hydrogen-bond acceptors (Lipinski definition) is 4. The van der Waals surface area contributed by atoms with Crippen molar-refractivity contribution in [2.75, 3.05) is 7.11 Å². The van der Waals surface area contributed by atoms with E-state index in [2.05, 4.69) is 9.72 Å². The van der Waals surface area contributed by atoms with Gasteiger partial charge in [-0.3, -0.25) is 9.36 Å². The molecule has 0 N–H and O–H groups in total. The summed E-state index contributed by atoms with van der Waals surface area (Å²) in [4.78, 5) is 17.3. The Balaban J connectivity index is 1.78. The molecule has 0 unspecified atom stereocenters. The molecule has 1 aliphatic heterocycles. The Bertz CT molecular complexity index is 1160. The lowest BCUT2D eigenvalue weighted by molar-refractivity contribution is -0.0512. The van der Waals surface area contributed by atoms with Crippen molar-refractivity contribution < 1.29 is 18.3 Å². The highest BCUT2D eigenvalue weighted by molar-refractivity contribution is 6.31. The number of fused-ring (bicyclic) bond motifs is 2. The molecule has 5 nitrogen and oxygen atoms in total. The highest BCUT2D eigenvalue weighted by Crippen LogP contribution is 2.33. The summed E-state index contributed by atoms with van der Waals surface area (Å²) >= 11 is 6.03. The van der Waals surface area contributed by atoms with Crippen LogP contribution in [0.25, 0.3) is 22.6 Å². The van der Waals surface area contributed by atoms with Gasteiger partial charge >= 0.3 is 6.61 Å². The van der Waals surface area contributed by atoms with Crippen LogP contribution in [0, 0.1) is 0 Å². The van der Waals surface area contributed by atoms with Crippen molar-refractivity contribution >= 4 is 34.2 Å². The van der Waals surface area contributed by atoms with E-state index in [0.29, 0.717) is 34.7 Å². The van der Waals surface area contributed by atoms with Crippen LogP contribution in [0.3, 0.4) is 0 Å². The van der Waals surface area contributed by atoms with E-state index in [0.717, 1.165) is 11.1 Å². The van der Waals surface area contributed by atoms with E-state index in [1.165, 1.54) is 13.2 Å². The quantitative estimate of drug-likeness (QED) is 0.637. The smallest absolute Gasteiger partial charge is 0.387 e. The van der Waals surface area contributed by atoms with Crippen LogP contribution in [0.5, 0.6) is 11.5 Å². The van der Waals surface area contributed by atoms with Crippen molar-refractivity contribution in [3.63, 3.8) is 0 Å². The van der Waals surface area contributed by atoms with E-state index in [4.69, 9.17) is 16.3 Å². The predicted molar refractivity (Wildman–Crippen MR) is 103 cm³/mol. The average molecular weight is 405 g/mol. The van der Waals surface area contributed by atoms with Gasteiger partial charge in [0.25, 0.3) is 5.56 Å². The molecule has 0 saturated carbocycles. The van der Waals surface area contributed by atoms with Gasteiger partial charge in [0.2, 0.25) is 0 Å². The minimum atomic E-state index is -2.93. The van der Waals surface area contributed by atoms with E-state index in [1.807, 2.05) is 6.08 Å². The minimum Gasteiger partial charge on any atom is -0.493 e. The van der Waals surface area contributed by atoms with E-state index < -0.39 is 6.61 Å². The number of hydrogen-bond donors (Lipinski definition) is 0. The molecule has 0 bridgehead atoms. The molecule has 0 atom stereocenters. The normalized spacial score (nSPS) is 14.7. The Morgan fingerprint density at radius 2 is 2.04 bits per heavy atom. The number of aromatic nitrogens is 2. The van der Waals surface area contributed by atoms with E-state index in [1.54, 1.807) is 34.9 Å². The Morgan fingerprint density at radius 1 is 1.21 bits per heavy atom. The van der Waals surface area contributed by atoms with Crippen LogP contribution in [0.1, 0.15) is 17.8 Å². The summed E-state index contributed by atoms with van der Waals surface area (Å²) in [6.07, 6.45) is 2.49. The van der Waals surface area contributed by atoms with Crippen LogP contribution < -0.4 is 15.0 Å². The van der Waals surface area contributed by atoms with Gasteiger partial charge < -0.3 is 9.47 Å². The Morgan fingerprint density at radius 3 is 2.79 bits per heavy atom. The Kier molecular flexibility index (Phi) is 4.77. The summed E-state index contributed by atoms with van der Waals surface area (Å²) in [5.41, 5.74) is 2.01. The van der Waals surface area contributed by atoms with Gasteiger partial charge in [-0.15, -0.1) is 0 Å². The van der Waals surface area contributed by atoms with E-state index in [-0.39, 0.29) is 17.1 Å². The van der Waals surface area contributed by atoms with Crippen molar-refractivity contribution in [2.24, 2.45) is 0 Å². The van der Waals surface area contributed by atoms with Gasteiger partial charge in [-0.1, -0.05) is 17.7 Å². The molecular weight excluding hydrogens is 390 g/mol. The topological polar surface area (TPSA) is 53.4 Å². The molecule has 1 aromatic heterocycles. The van der Waals surface area contributed by atoms with Crippen molar-refractivity contribution in [2.45, 2.75) is 19.6 Å². The number of allylic oxidation sites excluding steroid dienone is 1. The lowest BCUT2D eigenvalue weighted by Crippen LogP contribution is -2.20. The number of methoxy groups -OCH3 is 1. The molecule has 0 fully saturated rings. The molecule has 144 valence electrons. The largest absolute Gasteiger partial charge is 0.493 e. The maximum absolute atomic E-state index is 12.7. The standard InChI is InChI=1S/C20H15ClF2N2O3/c1-27-17-9-11(2-5-16(17)28-20(22)23)8-12-6-7-25-18(12)24-15-10-13(21)3-4-14(15)19(25)26/h2-5,8-10,20H,6-7H2,1H3. The highest BCUT2D eigenvalue weighted by Gasteiger charge is 2.21. The van der Waals surface area contributed by atoms with Crippen molar-refractivity contribution in [3.8, 4) is 11.5 Å². The Hall–Kier alpha value is -2.93. The molecular formula is C20H15ClF2N2O3. The SMILES string of the molecule is COc1cc(C=C2CCn3c2nc2cc(Cl)ccc2c3=O)ccc1OC(F)F. The monoisotopic (exact) mass is 404 g/mol. The van der Waals surface area contributed by atoms with Crippen LogP contribution in [0.2, 0.25) is 5.02 Å². The number of benzene rings is 2. The van der Waals surface area contributed by atoms with Crippen LogP contribution in [-0.4, -0.2) is 23.3 Å². The first-order chi connectivity index (χ1) is 13.5. The maximum atomic E-state index is 12.7. The van der Waals surface area contributed by atoms with Gasteiger partial charge in [0.1, 0.15) is 5.82 Å². The summed E-state index contributed by atoms with van der Waals surface area (Å²) in [5.74, 6) is 0.733. The summed E-state index contributed by atoms with van der Waals surface area (Å²) in [6.45, 7) is -2.41. The fourth-order valence-corrected chi connectivity index (χ4v) is 3.46. The molecule has 2 heterocycles. The van der Waals surface area contributed by atoms with Crippen LogP contribution in [0.15, 0.2) is 41.2 Å². The second-order valence-electron chi connectivity index (χ2n) is 6.26. The third-order valence-electron chi connectivity index (χ3n) is 4.55. The third-order valence-corrected chi connectivity index (χ3v) is 4.79. The molecule has 4 rings (SSSR count). The summed E-state index contributed by atoms with van der Waals surface area (Å²) in [7, 11) is 1.38. The lowest BCUT2D eigenvalue weighted by Gasteiger charge is -2.10. The molecule has 0 aliphatic carbocycles.